The molecule has 0 aromatic heterocycles. The molecule has 0 saturated heterocycles. The number of phosphoric acid groups is 1. The van der Waals surface area contributed by atoms with Crippen molar-refractivity contribution in [2.75, 3.05) is 13.2 Å². The lowest BCUT2D eigenvalue weighted by atomic mass is 9.85. The molecule has 1 fully saturated rings. The fourth-order valence-electron chi connectivity index (χ4n) is 6.59. The van der Waals surface area contributed by atoms with Crippen molar-refractivity contribution in [3.05, 3.63) is 60.8 Å². The van der Waals surface area contributed by atoms with Crippen molar-refractivity contribution in [1.82, 2.24) is 0 Å². The van der Waals surface area contributed by atoms with Gasteiger partial charge in [-0.05, 0) is 90.4 Å². The van der Waals surface area contributed by atoms with Crippen LogP contribution in [0.25, 0.3) is 0 Å². The highest BCUT2D eigenvalue weighted by Gasteiger charge is 2.51. The molecular weight excluding hydrogens is 819 g/mol. The van der Waals surface area contributed by atoms with Gasteiger partial charge < -0.3 is 45.0 Å². The Morgan fingerprint density at radius 2 is 1.00 bits per heavy atom. The third-order valence-electron chi connectivity index (χ3n) is 10.3. The van der Waals surface area contributed by atoms with Gasteiger partial charge in [-0.2, -0.15) is 0 Å². The summed E-state index contributed by atoms with van der Waals surface area (Å²) < 4.78 is 33.4. The largest absolute Gasteiger partial charge is 0.472 e. The maximum absolute atomic E-state index is 12.8. The number of allylic oxidation sites excluding steroid dienone is 10. The van der Waals surface area contributed by atoms with E-state index in [4.69, 9.17) is 18.5 Å². The Morgan fingerprint density at radius 1 is 0.565 bits per heavy atom. The number of aliphatic hydroxyl groups is 6. The fraction of sp³-hybridized carbons (Fsp3) is 0.745. The number of rotatable bonds is 37. The molecule has 15 heteroatoms. The van der Waals surface area contributed by atoms with Crippen molar-refractivity contribution in [3.63, 3.8) is 0 Å². The summed E-state index contributed by atoms with van der Waals surface area (Å²) in [6, 6.07) is 0. The van der Waals surface area contributed by atoms with Crippen LogP contribution in [0.1, 0.15) is 162 Å². The Kier molecular flexibility index (Phi) is 34.2. The van der Waals surface area contributed by atoms with E-state index in [9.17, 15) is 49.7 Å². The molecule has 9 atom stereocenters. The van der Waals surface area contributed by atoms with Crippen molar-refractivity contribution in [1.29, 1.82) is 0 Å². The van der Waals surface area contributed by atoms with Gasteiger partial charge in [0.05, 0.1) is 12.7 Å². The summed E-state index contributed by atoms with van der Waals surface area (Å²) in [7, 11) is -5.14. The zero-order valence-electron chi connectivity index (χ0n) is 37.5. The van der Waals surface area contributed by atoms with Crippen molar-refractivity contribution in [3.8, 4) is 0 Å². The van der Waals surface area contributed by atoms with E-state index in [1.807, 2.05) is 12.2 Å². The minimum Gasteiger partial charge on any atom is -0.462 e. The molecule has 1 aliphatic carbocycles. The monoisotopic (exact) mass is 901 g/mol. The molecule has 0 heterocycles. The standard InChI is InChI=1S/C47H81O14P/c1-3-4-5-6-7-8-9-10-12-16-19-22-25-28-31-34-40(49)58-36-39(37-59-62(56,57)61-47-45(54)43(52)42(51)44(53)46(47)55)60-41(50)35-32-29-26-23-20-17-14-11-13-15-18-21-24-27-30-33-38(2)48/h10,12-15,17,21,23-24,26,38-39,42-48,51-55H,3-9,11,16,18-20,22,25,27-37H2,1-2H3,(H,56,57)/b12-10-,15-13-,17-14-,24-21-,26-23-/t38-,39+,42?,43-,44+,45+,46+,47?/m0/s1. The lowest BCUT2D eigenvalue weighted by Gasteiger charge is -2.41. The molecule has 0 spiro atoms. The fourth-order valence-corrected chi connectivity index (χ4v) is 7.56. The number of carbonyl (C=O) groups is 2. The second-order valence-electron chi connectivity index (χ2n) is 16.2. The average Bonchev–Trinajstić information content (AvgIpc) is 3.24. The van der Waals surface area contributed by atoms with Crippen LogP contribution in [0.4, 0.5) is 0 Å². The maximum atomic E-state index is 12.8. The Morgan fingerprint density at radius 3 is 1.55 bits per heavy atom. The average molecular weight is 901 g/mol. The van der Waals surface area contributed by atoms with E-state index in [0.29, 0.717) is 19.3 Å². The minimum atomic E-state index is -5.14. The molecule has 0 aromatic rings. The molecule has 7 N–H and O–H groups in total. The van der Waals surface area contributed by atoms with Crippen LogP contribution < -0.4 is 0 Å². The third-order valence-corrected chi connectivity index (χ3v) is 11.3. The van der Waals surface area contributed by atoms with E-state index >= 15 is 0 Å². The van der Waals surface area contributed by atoms with Crippen molar-refractivity contribution in [2.45, 2.75) is 210 Å². The number of hydrogen-bond donors (Lipinski definition) is 7. The highest BCUT2D eigenvalue weighted by atomic mass is 31.2. The van der Waals surface area contributed by atoms with Gasteiger partial charge in [0.15, 0.2) is 6.10 Å². The topological polar surface area (TPSA) is 230 Å². The van der Waals surface area contributed by atoms with Gasteiger partial charge in [0.25, 0.3) is 0 Å². The molecule has 62 heavy (non-hydrogen) atoms. The Labute approximate surface area is 371 Å². The van der Waals surface area contributed by atoms with E-state index in [1.54, 1.807) is 6.92 Å². The van der Waals surface area contributed by atoms with E-state index in [0.717, 1.165) is 77.0 Å². The van der Waals surface area contributed by atoms with Crippen LogP contribution in [0.5, 0.6) is 0 Å². The zero-order valence-corrected chi connectivity index (χ0v) is 38.4. The van der Waals surface area contributed by atoms with E-state index in [2.05, 4.69) is 55.5 Å². The molecule has 0 amide bonds. The van der Waals surface area contributed by atoms with Gasteiger partial charge in [0.1, 0.15) is 43.2 Å². The van der Waals surface area contributed by atoms with Gasteiger partial charge in [0.2, 0.25) is 0 Å². The van der Waals surface area contributed by atoms with E-state index in [-0.39, 0.29) is 18.9 Å². The molecule has 1 aliphatic rings. The van der Waals surface area contributed by atoms with Crippen LogP contribution in [-0.2, 0) is 32.7 Å². The number of carbonyl (C=O) groups excluding carboxylic acids is 2. The van der Waals surface area contributed by atoms with Crippen molar-refractivity contribution in [2.24, 2.45) is 0 Å². The molecule has 0 bridgehead atoms. The van der Waals surface area contributed by atoms with Gasteiger partial charge in [-0.1, -0.05) is 119 Å². The first-order valence-corrected chi connectivity index (χ1v) is 24.6. The predicted molar refractivity (Wildman–Crippen MR) is 241 cm³/mol. The summed E-state index contributed by atoms with van der Waals surface area (Å²) >= 11 is 0. The second kappa shape index (κ2) is 36.8. The summed E-state index contributed by atoms with van der Waals surface area (Å²) in [4.78, 5) is 35.7. The van der Waals surface area contributed by atoms with Gasteiger partial charge in [-0.25, -0.2) is 4.57 Å². The summed E-state index contributed by atoms with van der Waals surface area (Å²) in [5.74, 6) is -1.20. The smallest absolute Gasteiger partial charge is 0.462 e. The van der Waals surface area contributed by atoms with Gasteiger partial charge in [0, 0.05) is 12.8 Å². The van der Waals surface area contributed by atoms with Crippen LogP contribution >= 0.6 is 7.82 Å². The molecule has 14 nitrogen and oxygen atoms in total. The van der Waals surface area contributed by atoms with Gasteiger partial charge >= 0.3 is 19.8 Å². The van der Waals surface area contributed by atoms with E-state index < -0.39 is 75.7 Å². The highest BCUT2D eigenvalue weighted by molar-refractivity contribution is 7.47. The normalized spacial score (nSPS) is 22.9. The molecular formula is C47H81O14P. The number of unbranched alkanes of at least 4 members (excludes halogenated alkanes) is 13. The number of esters is 2. The third kappa shape index (κ3) is 29.8. The SMILES string of the molecule is CCCCCCCC/C=C\CCCCCCCC(=O)OC[C@H](COP(=O)(O)OC1[C@H](O)[C@H](O)C(O)[C@H](O)[C@H]1O)OC(=O)CCC/C=C\C/C=C\C/C=C\C/C=C\CCC[C@H](C)O. The summed E-state index contributed by atoms with van der Waals surface area (Å²) in [5.41, 5.74) is 0. The van der Waals surface area contributed by atoms with Crippen LogP contribution in [0.15, 0.2) is 60.8 Å². The number of aliphatic hydroxyl groups excluding tert-OH is 6. The summed E-state index contributed by atoms with van der Waals surface area (Å²) in [6.07, 6.45) is 28.4. The zero-order chi connectivity index (χ0) is 45.9. The van der Waals surface area contributed by atoms with Crippen LogP contribution in [0, 0.1) is 0 Å². The highest BCUT2D eigenvalue weighted by Crippen LogP contribution is 2.47. The van der Waals surface area contributed by atoms with Gasteiger partial charge in [-0.3, -0.25) is 18.6 Å². The van der Waals surface area contributed by atoms with Gasteiger partial charge in [-0.15, -0.1) is 0 Å². The number of ether oxygens (including phenoxy) is 2. The first-order chi connectivity index (χ1) is 29.8. The van der Waals surface area contributed by atoms with Crippen LogP contribution in [0.3, 0.4) is 0 Å². The summed E-state index contributed by atoms with van der Waals surface area (Å²) in [6.45, 7) is 2.78. The predicted octanol–water partition coefficient (Wildman–Crippen LogP) is 7.92. The molecule has 0 aliphatic heterocycles. The van der Waals surface area contributed by atoms with Crippen LogP contribution in [-0.4, -0.2) is 110 Å². The second-order valence-corrected chi connectivity index (χ2v) is 17.6. The molecule has 358 valence electrons. The molecule has 0 aromatic carbocycles. The lowest BCUT2D eigenvalue weighted by Crippen LogP contribution is -2.64. The van der Waals surface area contributed by atoms with Crippen molar-refractivity contribution < 1.29 is 68.2 Å². The molecule has 3 unspecified atom stereocenters. The van der Waals surface area contributed by atoms with E-state index in [1.165, 1.54) is 38.5 Å². The number of phosphoric ester groups is 1. The Hall–Kier alpha value is -2.49. The van der Waals surface area contributed by atoms with Crippen molar-refractivity contribution >= 4 is 19.8 Å². The minimum absolute atomic E-state index is 0.00515. The number of hydrogen-bond acceptors (Lipinski definition) is 13. The first-order valence-electron chi connectivity index (χ1n) is 23.1. The Balaban J connectivity index is 2.52. The first kappa shape index (κ1) is 57.5. The molecule has 1 saturated carbocycles. The molecule has 1 rings (SSSR count). The Bertz CT molecular complexity index is 1330. The molecule has 0 radical (unpaired) electrons. The quantitative estimate of drug-likeness (QED) is 0.0136. The van der Waals surface area contributed by atoms with Crippen LogP contribution in [0.2, 0.25) is 0 Å². The lowest BCUT2D eigenvalue weighted by molar-refractivity contribution is -0.220. The maximum Gasteiger partial charge on any atom is 0.472 e. The summed E-state index contributed by atoms with van der Waals surface area (Å²) in [5, 5.41) is 59.4.